The summed E-state index contributed by atoms with van der Waals surface area (Å²) in [4.78, 5) is 15.1. The number of rotatable bonds is 5. The number of hydrogen-bond donors (Lipinski definition) is 1. The molecule has 1 rings (SSSR count). The summed E-state index contributed by atoms with van der Waals surface area (Å²) in [6, 6.07) is 1.47. The number of ether oxygens (including phenoxy) is 2. The first-order valence-electron chi connectivity index (χ1n) is 5.87. The topological polar surface area (TPSA) is 74.4 Å². The monoisotopic (exact) mass is 292 g/mol. The molecular formula is C12H15F3N2O3. The molecule has 0 atom stereocenters. The molecular weight excluding hydrogens is 277 g/mol. The molecule has 5 nitrogen and oxygen atoms in total. The maximum Gasteiger partial charge on any atom is 0.574 e. The zero-order valence-electron chi connectivity index (χ0n) is 11.1. The van der Waals surface area contributed by atoms with Crippen LogP contribution in [0.1, 0.15) is 23.7 Å². The Hall–Kier alpha value is -1.83. The quantitative estimate of drug-likeness (QED) is 0.838. The largest absolute Gasteiger partial charge is 0.574 e. The highest BCUT2D eigenvalue weighted by Crippen LogP contribution is 2.27. The van der Waals surface area contributed by atoms with Crippen molar-refractivity contribution in [2.75, 3.05) is 6.61 Å². The Kier molecular flexibility index (Phi) is 5.32. The first kappa shape index (κ1) is 16.2. The zero-order valence-corrected chi connectivity index (χ0v) is 11.1. The Balaban J connectivity index is 3.10. The van der Waals surface area contributed by atoms with Gasteiger partial charge in [-0.3, -0.25) is 4.79 Å². The number of hydrogen-bond acceptors (Lipinski definition) is 5. The predicted octanol–water partition coefficient (Wildman–Crippen LogP) is 1.85. The Bertz CT molecular complexity index is 490. The van der Waals surface area contributed by atoms with E-state index < -0.39 is 18.2 Å². The van der Waals surface area contributed by atoms with Crippen molar-refractivity contribution in [1.82, 2.24) is 4.98 Å². The lowest BCUT2D eigenvalue weighted by Gasteiger charge is -2.14. The number of nitrogens with two attached hydrogens (primary N) is 1. The van der Waals surface area contributed by atoms with Crippen LogP contribution >= 0.6 is 0 Å². The second-order valence-electron chi connectivity index (χ2n) is 3.94. The molecule has 0 aliphatic heterocycles. The Morgan fingerprint density at radius 3 is 2.60 bits per heavy atom. The summed E-state index contributed by atoms with van der Waals surface area (Å²) in [5.41, 5.74) is 6.06. The zero-order chi connectivity index (χ0) is 15.3. The summed E-state index contributed by atoms with van der Waals surface area (Å²) in [5.74, 6) is -1.14. The number of halogens is 3. The fourth-order valence-electron chi connectivity index (χ4n) is 1.56. The number of carbonyl (C=O) groups excluding carboxylic acids is 1. The second kappa shape index (κ2) is 6.56. The van der Waals surface area contributed by atoms with Crippen LogP contribution in [0.2, 0.25) is 0 Å². The van der Waals surface area contributed by atoms with Crippen LogP contribution in [0.4, 0.5) is 13.2 Å². The predicted molar refractivity (Wildman–Crippen MR) is 63.9 cm³/mol. The third-order valence-electron chi connectivity index (χ3n) is 2.45. The van der Waals surface area contributed by atoms with E-state index in [1.807, 2.05) is 0 Å². The molecule has 0 spiro atoms. The molecule has 0 unspecified atom stereocenters. The molecule has 1 heterocycles. The molecule has 0 aromatic carbocycles. The van der Waals surface area contributed by atoms with Crippen molar-refractivity contribution in [3.8, 4) is 5.88 Å². The first-order valence-corrected chi connectivity index (χ1v) is 5.87. The van der Waals surface area contributed by atoms with Gasteiger partial charge in [0.15, 0.2) is 0 Å². The van der Waals surface area contributed by atoms with Gasteiger partial charge >= 0.3 is 12.3 Å². The SMILES string of the molecule is CCOC(=O)Cc1cc(CN)nc(OC(F)(F)F)c1C. The number of carbonyl (C=O) groups is 1. The lowest BCUT2D eigenvalue weighted by molar-refractivity contribution is -0.276. The molecule has 0 fully saturated rings. The molecule has 2 N–H and O–H groups in total. The third kappa shape index (κ3) is 4.69. The minimum atomic E-state index is -4.85. The van der Waals surface area contributed by atoms with Gasteiger partial charge in [-0.25, -0.2) is 4.98 Å². The number of alkyl halides is 3. The fraction of sp³-hybridized carbons (Fsp3) is 0.500. The van der Waals surface area contributed by atoms with Crippen molar-refractivity contribution in [1.29, 1.82) is 0 Å². The van der Waals surface area contributed by atoms with Crippen molar-refractivity contribution >= 4 is 5.97 Å². The first-order chi connectivity index (χ1) is 9.26. The van der Waals surface area contributed by atoms with E-state index in [1.165, 1.54) is 13.0 Å². The van der Waals surface area contributed by atoms with Gasteiger partial charge in [0.2, 0.25) is 5.88 Å². The molecule has 0 aliphatic carbocycles. The lowest BCUT2D eigenvalue weighted by Crippen LogP contribution is -2.20. The van der Waals surface area contributed by atoms with Crippen LogP contribution in [-0.2, 0) is 22.5 Å². The standard InChI is InChI=1S/C12H15F3N2O3/c1-3-19-10(18)5-8-4-9(6-16)17-11(7(8)2)20-12(13,14)15/h4H,3,5-6,16H2,1-2H3. The summed E-state index contributed by atoms with van der Waals surface area (Å²) >= 11 is 0. The molecule has 0 saturated carbocycles. The van der Waals surface area contributed by atoms with Gasteiger partial charge in [-0.2, -0.15) is 0 Å². The van der Waals surface area contributed by atoms with Gasteiger partial charge in [-0.1, -0.05) is 0 Å². The van der Waals surface area contributed by atoms with Crippen LogP contribution in [0.25, 0.3) is 0 Å². The Labute approximate surface area is 113 Å². The van der Waals surface area contributed by atoms with E-state index in [1.54, 1.807) is 6.92 Å². The van der Waals surface area contributed by atoms with Gasteiger partial charge in [0, 0.05) is 12.1 Å². The van der Waals surface area contributed by atoms with Crippen LogP contribution in [0.5, 0.6) is 5.88 Å². The summed E-state index contributed by atoms with van der Waals surface area (Å²) in [5, 5.41) is 0. The minimum Gasteiger partial charge on any atom is -0.466 e. The number of aromatic nitrogens is 1. The van der Waals surface area contributed by atoms with Gasteiger partial charge in [-0.15, -0.1) is 13.2 Å². The van der Waals surface area contributed by atoms with Crippen LogP contribution < -0.4 is 10.5 Å². The molecule has 8 heteroatoms. The third-order valence-corrected chi connectivity index (χ3v) is 2.45. The maximum atomic E-state index is 12.3. The van der Waals surface area contributed by atoms with E-state index in [-0.39, 0.29) is 30.8 Å². The molecule has 1 aromatic rings. The summed E-state index contributed by atoms with van der Waals surface area (Å²) in [6.07, 6.45) is -5.02. The molecule has 0 amide bonds. The summed E-state index contributed by atoms with van der Waals surface area (Å²) < 4.78 is 45.5. The van der Waals surface area contributed by atoms with E-state index in [4.69, 9.17) is 10.5 Å². The van der Waals surface area contributed by atoms with Gasteiger partial charge < -0.3 is 15.2 Å². The number of nitrogens with zero attached hydrogens (tertiary/aromatic N) is 1. The van der Waals surface area contributed by atoms with Crippen LogP contribution in [0.15, 0.2) is 6.07 Å². The van der Waals surface area contributed by atoms with Crippen molar-refractivity contribution in [2.24, 2.45) is 5.73 Å². The van der Waals surface area contributed by atoms with Gasteiger partial charge in [-0.05, 0) is 25.5 Å². The van der Waals surface area contributed by atoms with Crippen molar-refractivity contribution in [3.05, 3.63) is 22.9 Å². The maximum absolute atomic E-state index is 12.3. The highest BCUT2D eigenvalue weighted by Gasteiger charge is 2.33. The molecule has 0 bridgehead atoms. The van der Waals surface area contributed by atoms with Crippen molar-refractivity contribution in [2.45, 2.75) is 33.2 Å². The lowest BCUT2D eigenvalue weighted by atomic mass is 10.1. The van der Waals surface area contributed by atoms with Gasteiger partial charge in [0.05, 0.1) is 18.7 Å². The average Bonchev–Trinajstić information content (AvgIpc) is 2.32. The average molecular weight is 292 g/mol. The van der Waals surface area contributed by atoms with Crippen molar-refractivity contribution in [3.63, 3.8) is 0 Å². The van der Waals surface area contributed by atoms with E-state index >= 15 is 0 Å². The highest BCUT2D eigenvalue weighted by molar-refractivity contribution is 5.73. The molecule has 20 heavy (non-hydrogen) atoms. The summed E-state index contributed by atoms with van der Waals surface area (Å²) in [7, 11) is 0. The van der Waals surface area contributed by atoms with Crippen LogP contribution in [0, 0.1) is 6.92 Å². The fourth-order valence-corrected chi connectivity index (χ4v) is 1.56. The molecule has 0 aliphatic rings. The second-order valence-corrected chi connectivity index (χ2v) is 3.94. The normalized spacial score (nSPS) is 11.3. The van der Waals surface area contributed by atoms with E-state index in [2.05, 4.69) is 9.72 Å². The molecule has 1 aromatic heterocycles. The molecule has 0 radical (unpaired) electrons. The minimum absolute atomic E-state index is 0.0652. The number of pyridine rings is 1. The van der Waals surface area contributed by atoms with Crippen LogP contribution in [0.3, 0.4) is 0 Å². The van der Waals surface area contributed by atoms with Gasteiger partial charge in [0.1, 0.15) is 0 Å². The molecule has 112 valence electrons. The van der Waals surface area contributed by atoms with E-state index in [0.717, 1.165) is 0 Å². The van der Waals surface area contributed by atoms with Gasteiger partial charge in [0.25, 0.3) is 0 Å². The number of esters is 1. The van der Waals surface area contributed by atoms with E-state index in [9.17, 15) is 18.0 Å². The molecule has 0 saturated heterocycles. The van der Waals surface area contributed by atoms with Crippen molar-refractivity contribution < 1.29 is 27.4 Å². The Morgan fingerprint density at radius 1 is 1.45 bits per heavy atom. The Morgan fingerprint density at radius 2 is 2.10 bits per heavy atom. The highest BCUT2D eigenvalue weighted by atomic mass is 19.4. The summed E-state index contributed by atoms with van der Waals surface area (Å²) in [6.45, 7) is 3.16. The van der Waals surface area contributed by atoms with E-state index in [0.29, 0.717) is 5.56 Å². The smallest absolute Gasteiger partial charge is 0.466 e. The van der Waals surface area contributed by atoms with Crippen LogP contribution in [-0.4, -0.2) is 23.9 Å².